The fourth-order valence-corrected chi connectivity index (χ4v) is 3.25. The number of unbranched alkanes of at least 4 members (excludes halogenated alkanes) is 5. The normalized spacial score (nSPS) is 11.6. The molecule has 4 heteroatoms. The highest BCUT2D eigenvalue weighted by Crippen LogP contribution is 2.18. The number of rotatable bonds is 16. The second kappa shape index (κ2) is 15.9. The van der Waals surface area contributed by atoms with Gasteiger partial charge in [0.25, 0.3) is 0 Å². The molecule has 0 aliphatic heterocycles. The first-order chi connectivity index (χ1) is 12.7. The molecule has 0 aromatic rings. The molecule has 0 radical (unpaired) electrons. The van der Waals surface area contributed by atoms with Crippen molar-refractivity contribution >= 4 is 11.9 Å². The van der Waals surface area contributed by atoms with E-state index in [-0.39, 0.29) is 18.0 Å². The Bertz CT molecular complexity index is 380. The second-order valence-electron chi connectivity index (χ2n) is 8.82. The standard InChI is InChI=1S/C23H44O4/c1-18(2)14-13-17-26-21(24)15-11-9-7-8-10-12-16-22(25)27-23(19(3)4)20(5)6/h18-20,23H,7-17H2,1-6H3. The summed E-state index contributed by atoms with van der Waals surface area (Å²) in [5.74, 6) is 1.25. The molecule has 0 spiro atoms. The Morgan fingerprint density at radius 3 is 1.63 bits per heavy atom. The van der Waals surface area contributed by atoms with Crippen LogP contribution in [0.3, 0.4) is 0 Å². The van der Waals surface area contributed by atoms with E-state index < -0.39 is 0 Å². The Kier molecular flexibility index (Phi) is 15.3. The van der Waals surface area contributed by atoms with Crippen molar-refractivity contribution in [1.82, 2.24) is 0 Å². The average Bonchev–Trinajstić information content (AvgIpc) is 2.58. The lowest BCUT2D eigenvalue weighted by Crippen LogP contribution is -2.28. The minimum atomic E-state index is -0.0670. The predicted molar refractivity (Wildman–Crippen MR) is 112 cm³/mol. The summed E-state index contributed by atoms with van der Waals surface area (Å²) in [7, 11) is 0. The van der Waals surface area contributed by atoms with Crippen molar-refractivity contribution in [2.75, 3.05) is 6.61 Å². The van der Waals surface area contributed by atoms with E-state index in [0.29, 0.717) is 37.2 Å². The largest absolute Gasteiger partial charge is 0.466 e. The van der Waals surface area contributed by atoms with Gasteiger partial charge in [-0.25, -0.2) is 0 Å². The summed E-state index contributed by atoms with van der Waals surface area (Å²) in [5, 5.41) is 0. The Balaban J connectivity index is 3.54. The fraction of sp³-hybridized carbons (Fsp3) is 0.913. The van der Waals surface area contributed by atoms with Gasteiger partial charge >= 0.3 is 11.9 Å². The minimum Gasteiger partial charge on any atom is -0.466 e. The lowest BCUT2D eigenvalue weighted by Gasteiger charge is -2.24. The molecule has 0 unspecified atom stereocenters. The van der Waals surface area contributed by atoms with Crippen molar-refractivity contribution in [1.29, 1.82) is 0 Å². The lowest BCUT2D eigenvalue weighted by atomic mass is 9.96. The molecule has 0 saturated carbocycles. The van der Waals surface area contributed by atoms with Crippen LogP contribution in [0.1, 0.15) is 106 Å². The Morgan fingerprint density at radius 1 is 0.667 bits per heavy atom. The van der Waals surface area contributed by atoms with Crippen molar-refractivity contribution < 1.29 is 19.1 Å². The molecule has 0 rings (SSSR count). The van der Waals surface area contributed by atoms with Gasteiger partial charge in [0.05, 0.1) is 6.61 Å². The van der Waals surface area contributed by atoms with Crippen molar-refractivity contribution in [3.8, 4) is 0 Å². The van der Waals surface area contributed by atoms with Crippen molar-refractivity contribution in [3.63, 3.8) is 0 Å². The van der Waals surface area contributed by atoms with Crippen molar-refractivity contribution in [2.45, 2.75) is 112 Å². The van der Waals surface area contributed by atoms with Gasteiger partial charge in [-0.1, -0.05) is 67.2 Å². The monoisotopic (exact) mass is 384 g/mol. The van der Waals surface area contributed by atoms with Gasteiger partial charge in [-0.2, -0.15) is 0 Å². The van der Waals surface area contributed by atoms with E-state index in [1.807, 2.05) is 0 Å². The molecule has 0 atom stereocenters. The summed E-state index contributed by atoms with van der Waals surface area (Å²) >= 11 is 0. The van der Waals surface area contributed by atoms with Crippen molar-refractivity contribution in [3.05, 3.63) is 0 Å². The maximum atomic E-state index is 11.9. The zero-order valence-electron chi connectivity index (χ0n) is 18.7. The molecule has 0 bridgehead atoms. The molecule has 4 nitrogen and oxygen atoms in total. The maximum Gasteiger partial charge on any atom is 0.306 e. The van der Waals surface area contributed by atoms with Gasteiger partial charge < -0.3 is 9.47 Å². The third-order valence-corrected chi connectivity index (χ3v) is 4.78. The molecule has 27 heavy (non-hydrogen) atoms. The fourth-order valence-electron chi connectivity index (χ4n) is 3.25. The van der Waals surface area contributed by atoms with Crippen LogP contribution in [0.2, 0.25) is 0 Å². The van der Waals surface area contributed by atoms with E-state index in [2.05, 4.69) is 41.5 Å². The second-order valence-corrected chi connectivity index (χ2v) is 8.82. The molecular formula is C23H44O4. The number of ether oxygens (including phenoxy) is 2. The Labute approximate surface area is 167 Å². The summed E-state index contributed by atoms with van der Waals surface area (Å²) in [6.45, 7) is 13.3. The van der Waals surface area contributed by atoms with Crippen LogP contribution in [0.5, 0.6) is 0 Å². The van der Waals surface area contributed by atoms with Gasteiger partial charge in [-0.05, 0) is 43.4 Å². The zero-order chi connectivity index (χ0) is 20.7. The van der Waals surface area contributed by atoms with Gasteiger partial charge in [0, 0.05) is 12.8 Å². The number of hydrogen-bond acceptors (Lipinski definition) is 4. The van der Waals surface area contributed by atoms with E-state index in [1.165, 1.54) is 0 Å². The summed E-state index contributed by atoms with van der Waals surface area (Å²) in [6, 6.07) is 0. The molecule has 0 aliphatic carbocycles. The van der Waals surface area contributed by atoms with Crippen LogP contribution in [0.4, 0.5) is 0 Å². The predicted octanol–water partition coefficient (Wildman–Crippen LogP) is 6.31. The summed E-state index contributed by atoms with van der Waals surface area (Å²) in [6.07, 6.45) is 9.22. The molecule has 0 saturated heterocycles. The minimum absolute atomic E-state index is 0.0163. The van der Waals surface area contributed by atoms with E-state index in [4.69, 9.17) is 9.47 Å². The van der Waals surface area contributed by atoms with Crippen LogP contribution < -0.4 is 0 Å². The van der Waals surface area contributed by atoms with Crippen molar-refractivity contribution in [2.24, 2.45) is 17.8 Å². The molecule has 0 aromatic heterocycles. The molecular weight excluding hydrogens is 340 g/mol. The number of carbonyl (C=O) groups excluding carboxylic acids is 2. The number of esters is 2. The van der Waals surface area contributed by atoms with Gasteiger partial charge in [-0.3, -0.25) is 9.59 Å². The summed E-state index contributed by atoms with van der Waals surface area (Å²) < 4.78 is 10.8. The number of carbonyl (C=O) groups is 2. The molecule has 0 aliphatic rings. The van der Waals surface area contributed by atoms with Crippen LogP contribution in [-0.2, 0) is 19.1 Å². The quantitative estimate of drug-likeness (QED) is 0.231. The first-order valence-corrected chi connectivity index (χ1v) is 11.1. The summed E-state index contributed by atoms with van der Waals surface area (Å²) in [5.41, 5.74) is 0. The van der Waals surface area contributed by atoms with E-state index in [1.54, 1.807) is 0 Å². The van der Waals surface area contributed by atoms with Gasteiger partial charge in [0.15, 0.2) is 0 Å². The van der Waals surface area contributed by atoms with Gasteiger partial charge in [0.2, 0.25) is 0 Å². The van der Waals surface area contributed by atoms with E-state index in [0.717, 1.165) is 51.4 Å². The molecule has 0 amide bonds. The first-order valence-electron chi connectivity index (χ1n) is 11.1. The van der Waals surface area contributed by atoms with Crippen LogP contribution in [0, 0.1) is 17.8 Å². The van der Waals surface area contributed by atoms with Gasteiger partial charge in [0.1, 0.15) is 6.10 Å². The molecule has 0 N–H and O–H groups in total. The highest BCUT2D eigenvalue weighted by Gasteiger charge is 2.21. The smallest absolute Gasteiger partial charge is 0.306 e. The Hall–Kier alpha value is -1.06. The molecule has 0 heterocycles. The van der Waals surface area contributed by atoms with Crippen LogP contribution in [0.25, 0.3) is 0 Å². The summed E-state index contributed by atoms with van der Waals surface area (Å²) in [4.78, 5) is 23.6. The zero-order valence-corrected chi connectivity index (χ0v) is 18.7. The third-order valence-electron chi connectivity index (χ3n) is 4.78. The average molecular weight is 385 g/mol. The van der Waals surface area contributed by atoms with Crippen LogP contribution in [-0.4, -0.2) is 24.6 Å². The lowest BCUT2D eigenvalue weighted by molar-refractivity contribution is -0.154. The van der Waals surface area contributed by atoms with E-state index >= 15 is 0 Å². The highest BCUT2D eigenvalue weighted by atomic mass is 16.5. The van der Waals surface area contributed by atoms with Gasteiger partial charge in [-0.15, -0.1) is 0 Å². The maximum absolute atomic E-state index is 11.9. The topological polar surface area (TPSA) is 52.6 Å². The Morgan fingerprint density at radius 2 is 1.15 bits per heavy atom. The SMILES string of the molecule is CC(C)CCCOC(=O)CCCCCCCCC(=O)OC(C(C)C)C(C)C. The molecule has 160 valence electrons. The third kappa shape index (κ3) is 15.7. The molecule has 0 fully saturated rings. The first kappa shape index (κ1) is 25.9. The van der Waals surface area contributed by atoms with Crippen LogP contribution >= 0.6 is 0 Å². The molecule has 0 aromatic carbocycles. The number of hydrogen-bond donors (Lipinski definition) is 0. The highest BCUT2D eigenvalue weighted by molar-refractivity contribution is 5.69. The van der Waals surface area contributed by atoms with Crippen LogP contribution in [0.15, 0.2) is 0 Å². The van der Waals surface area contributed by atoms with E-state index in [9.17, 15) is 9.59 Å².